The van der Waals surface area contributed by atoms with E-state index in [1.807, 2.05) is 27.0 Å². The number of thiazole rings is 1. The first-order chi connectivity index (χ1) is 11.2. The fourth-order valence-corrected chi connectivity index (χ4v) is 4.05. The van der Waals surface area contributed by atoms with E-state index < -0.39 is 5.60 Å². The van der Waals surface area contributed by atoms with Crippen LogP contribution in [0.1, 0.15) is 56.8 Å². The molecule has 1 aromatic heterocycles. The normalized spacial score (nSPS) is 19.2. The van der Waals surface area contributed by atoms with Gasteiger partial charge in [-0.1, -0.05) is 0 Å². The Morgan fingerprint density at radius 1 is 1.42 bits per heavy atom. The van der Waals surface area contributed by atoms with E-state index in [1.54, 1.807) is 18.3 Å². The molecule has 1 atom stereocenters. The lowest BCUT2D eigenvalue weighted by Gasteiger charge is -2.32. The summed E-state index contributed by atoms with van der Waals surface area (Å²) in [6.45, 7) is 10.1. The number of Topliss-reactive ketones (excluding diaryl/α,β-unsaturated/α-hetero) is 1. The molecule has 0 aliphatic carbocycles. The first kappa shape index (κ1) is 19.1. The number of likely N-dealkylation sites (tertiary alicyclic amines) is 1. The van der Waals surface area contributed by atoms with Crippen molar-refractivity contribution >= 4 is 23.1 Å². The summed E-state index contributed by atoms with van der Waals surface area (Å²) < 4.78 is 5.44. The average molecular weight is 353 g/mol. The van der Waals surface area contributed by atoms with Crippen molar-refractivity contribution in [2.24, 2.45) is 5.92 Å². The molecule has 24 heavy (non-hydrogen) atoms. The molecule has 0 radical (unpaired) electrons. The summed E-state index contributed by atoms with van der Waals surface area (Å²) in [5.74, 6) is 0.403. The molecular formula is C18H28N2O3S. The number of ketones is 1. The van der Waals surface area contributed by atoms with E-state index in [0.29, 0.717) is 18.8 Å². The van der Waals surface area contributed by atoms with Gasteiger partial charge in [0.05, 0.1) is 6.42 Å². The zero-order valence-corrected chi connectivity index (χ0v) is 15.9. The number of aromatic nitrogens is 1. The van der Waals surface area contributed by atoms with Gasteiger partial charge >= 0.3 is 5.97 Å². The predicted molar refractivity (Wildman–Crippen MR) is 95.0 cm³/mol. The molecule has 0 spiro atoms. The second kappa shape index (κ2) is 8.21. The van der Waals surface area contributed by atoms with Gasteiger partial charge < -0.3 is 4.74 Å². The van der Waals surface area contributed by atoms with Gasteiger partial charge in [-0.25, -0.2) is 4.98 Å². The van der Waals surface area contributed by atoms with E-state index in [9.17, 15) is 9.59 Å². The molecule has 0 amide bonds. The van der Waals surface area contributed by atoms with Gasteiger partial charge in [0, 0.05) is 30.6 Å². The van der Waals surface area contributed by atoms with Crippen LogP contribution in [0.3, 0.4) is 0 Å². The molecule has 1 aliphatic rings. The Morgan fingerprint density at radius 2 is 2.17 bits per heavy atom. The average Bonchev–Trinajstić information content (AvgIpc) is 2.83. The number of ether oxygens (including phenoxy) is 1. The first-order valence-electron chi connectivity index (χ1n) is 8.58. The number of nitrogens with zero attached hydrogens (tertiary/aromatic N) is 2. The number of carbonyl (C=O) groups excluding carboxylic acids is 2. The van der Waals surface area contributed by atoms with E-state index in [-0.39, 0.29) is 11.8 Å². The van der Waals surface area contributed by atoms with Gasteiger partial charge in [0.1, 0.15) is 16.4 Å². The van der Waals surface area contributed by atoms with Crippen LogP contribution in [0.5, 0.6) is 0 Å². The molecule has 1 aliphatic heterocycles. The standard InChI is InChI=1S/C18H28N2O3S/c1-13(21)8-16-19-10-15(24-16)12-20-7-5-6-14(11-20)9-17(22)23-18(2,3)4/h10,14H,5-9,11-12H2,1-4H3. The number of rotatable bonds is 6. The summed E-state index contributed by atoms with van der Waals surface area (Å²) in [7, 11) is 0. The third kappa shape index (κ3) is 6.69. The maximum absolute atomic E-state index is 12.0. The van der Waals surface area contributed by atoms with Crippen molar-refractivity contribution in [1.29, 1.82) is 0 Å². The highest BCUT2D eigenvalue weighted by Crippen LogP contribution is 2.24. The molecular weight excluding hydrogens is 324 g/mol. The second-order valence-corrected chi connectivity index (χ2v) is 8.83. The molecule has 2 heterocycles. The second-order valence-electron chi connectivity index (χ2n) is 7.63. The highest BCUT2D eigenvalue weighted by atomic mass is 32.1. The van der Waals surface area contributed by atoms with Crippen LogP contribution >= 0.6 is 11.3 Å². The fourth-order valence-electron chi connectivity index (χ4n) is 3.02. The van der Waals surface area contributed by atoms with Gasteiger partial charge in [-0.3, -0.25) is 14.5 Å². The van der Waals surface area contributed by atoms with Gasteiger partial charge in [-0.05, 0) is 53.0 Å². The van der Waals surface area contributed by atoms with Crippen LogP contribution in [-0.2, 0) is 27.3 Å². The molecule has 1 unspecified atom stereocenters. The maximum Gasteiger partial charge on any atom is 0.306 e. The fraction of sp³-hybridized carbons (Fsp3) is 0.722. The van der Waals surface area contributed by atoms with E-state index in [2.05, 4.69) is 9.88 Å². The number of carbonyl (C=O) groups is 2. The summed E-state index contributed by atoms with van der Waals surface area (Å²) in [4.78, 5) is 31.1. The zero-order valence-electron chi connectivity index (χ0n) is 15.1. The number of piperidine rings is 1. The highest BCUT2D eigenvalue weighted by Gasteiger charge is 2.25. The van der Waals surface area contributed by atoms with E-state index in [0.717, 1.165) is 37.5 Å². The third-order valence-corrected chi connectivity index (χ3v) is 4.84. The van der Waals surface area contributed by atoms with Crippen LogP contribution in [0.15, 0.2) is 6.20 Å². The lowest BCUT2D eigenvalue weighted by molar-refractivity contribution is -0.156. The molecule has 2 rings (SSSR count). The van der Waals surface area contributed by atoms with E-state index >= 15 is 0 Å². The Hall–Kier alpha value is -1.27. The van der Waals surface area contributed by atoms with Crippen LogP contribution in [-0.4, -0.2) is 40.3 Å². The molecule has 1 aromatic rings. The van der Waals surface area contributed by atoms with Crippen LogP contribution in [0.25, 0.3) is 0 Å². The summed E-state index contributed by atoms with van der Waals surface area (Å²) in [5.41, 5.74) is -0.415. The predicted octanol–water partition coefficient (Wildman–Crippen LogP) is 3.22. The Bertz CT molecular complexity index is 577. The largest absolute Gasteiger partial charge is 0.460 e. The van der Waals surface area contributed by atoms with Crippen molar-refractivity contribution in [2.75, 3.05) is 13.1 Å². The summed E-state index contributed by atoms with van der Waals surface area (Å²) in [5, 5.41) is 0.889. The minimum atomic E-state index is -0.415. The molecule has 134 valence electrons. The lowest BCUT2D eigenvalue weighted by Crippen LogP contribution is -2.36. The van der Waals surface area contributed by atoms with Crippen molar-refractivity contribution in [3.05, 3.63) is 16.1 Å². The van der Waals surface area contributed by atoms with Crippen LogP contribution in [0.4, 0.5) is 0 Å². The summed E-state index contributed by atoms with van der Waals surface area (Å²) >= 11 is 1.61. The molecule has 0 aromatic carbocycles. The Kier molecular flexibility index (Phi) is 6.52. The smallest absolute Gasteiger partial charge is 0.306 e. The minimum absolute atomic E-state index is 0.101. The van der Waals surface area contributed by atoms with Gasteiger partial charge in [-0.2, -0.15) is 0 Å². The lowest BCUT2D eigenvalue weighted by atomic mass is 9.94. The number of hydrogen-bond donors (Lipinski definition) is 0. The Balaban J connectivity index is 1.83. The van der Waals surface area contributed by atoms with Gasteiger partial charge in [0.15, 0.2) is 0 Å². The zero-order chi connectivity index (χ0) is 17.7. The van der Waals surface area contributed by atoms with E-state index in [4.69, 9.17) is 4.74 Å². The van der Waals surface area contributed by atoms with Crippen molar-refractivity contribution < 1.29 is 14.3 Å². The maximum atomic E-state index is 12.0. The molecule has 5 nitrogen and oxygen atoms in total. The topological polar surface area (TPSA) is 59.5 Å². The van der Waals surface area contributed by atoms with Crippen LogP contribution in [0.2, 0.25) is 0 Å². The van der Waals surface area contributed by atoms with Crippen molar-refractivity contribution in [2.45, 2.75) is 65.5 Å². The van der Waals surface area contributed by atoms with Crippen LogP contribution in [0, 0.1) is 5.92 Å². The van der Waals surface area contributed by atoms with Gasteiger partial charge in [0.2, 0.25) is 0 Å². The monoisotopic (exact) mass is 352 g/mol. The first-order valence-corrected chi connectivity index (χ1v) is 9.40. The molecule has 1 fully saturated rings. The summed E-state index contributed by atoms with van der Waals surface area (Å²) in [6.07, 6.45) is 4.97. The summed E-state index contributed by atoms with van der Waals surface area (Å²) in [6, 6.07) is 0. The molecule has 6 heteroatoms. The highest BCUT2D eigenvalue weighted by molar-refractivity contribution is 7.11. The molecule has 0 saturated carbocycles. The van der Waals surface area contributed by atoms with Crippen molar-refractivity contribution in [1.82, 2.24) is 9.88 Å². The molecule has 0 bridgehead atoms. The SMILES string of the molecule is CC(=O)Cc1ncc(CN2CCCC(CC(=O)OC(C)(C)C)C2)s1. The Morgan fingerprint density at radius 3 is 2.83 bits per heavy atom. The number of esters is 1. The minimum Gasteiger partial charge on any atom is -0.460 e. The number of hydrogen-bond acceptors (Lipinski definition) is 6. The van der Waals surface area contributed by atoms with E-state index in [1.165, 1.54) is 4.88 Å². The van der Waals surface area contributed by atoms with Gasteiger partial charge in [0.25, 0.3) is 0 Å². The third-order valence-electron chi connectivity index (χ3n) is 3.86. The molecule has 0 N–H and O–H groups in total. The van der Waals surface area contributed by atoms with Crippen molar-refractivity contribution in [3.63, 3.8) is 0 Å². The van der Waals surface area contributed by atoms with Gasteiger partial charge in [-0.15, -0.1) is 11.3 Å². The Labute approximate surface area is 148 Å². The van der Waals surface area contributed by atoms with Crippen molar-refractivity contribution in [3.8, 4) is 0 Å². The van der Waals surface area contributed by atoms with Crippen LogP contribution < -0.4 is 0 Å². The quantitative estimate of drug-likeness (QED) is 0.736. The molecule has 1 saturated heterocycles.